The summed E-state index contributed by atoms with van der Waals surface area (Å²) in [4.78, 5) is 14.8. The molecule has 8 heteroatoms. The van der Waals surface area contributed by atoms with E-state index in [0.29, 0.717) is 18.4 Å². The van der Waals surface area contributed by atoms with Gasteiger partial charge in [0.1, 0.15) is 5.82 Å². The van der Waals surface area contributed by atoms with Crippen molar-refractivity contribution in [2.24, 2.45) is 5.92 Å². The number of hydrogen-bond donors (Lipinski definition) is 1. The Kier molecular flexibility index (Phi) is 6.37. The minimum Gasteiger partial charge on any atom is -0.381 e. The number of carbonyl (C=O) groups excluding carboxylic acids is 1. The molecule has 1 aromatic rings. The Balaban J connectivity index is 1.65. The molecule has 27 heavy (non-hydrogen) atoms. The van der Waals surface area contributed by atoms with Crippen molar-refractivity contribution in [1.29, 1.82) is 0 Å². The molecule has 3 rings (SSSR count). The Morgan fingerprint density at radius 3 is 2.59 bits per heavy atom. The average Bonchev–Trinajstić information content (AvgIpc) is 2.62. The third-order valence-electron chi connectivity index (χ3n) is 5.29. The number of amides is 1. The number of rotatable bonds is 4. The van der Waals surface area contributed by atoms with Gasteiger partial charge in [-0.05, 0) is 56.3 Å². The maximum Gasteiger partial charge on any atom is 0.419 e. The molecule has 1 atom stereocenters. The van der Waals surface area contributed by atoms with Crippen molar-refractivity contribution >= 4 is 11.6 Å². The van der Waals surface area contributed by atoms with Crippen LogP contribution >= 0.6 is 0 Å². The molecule has 4 nitrogen and oxygen atoms in total. The fraction of sp³-hybridized carbons (Fsp3) is 0.632. The number of piperidine rings is 1. The molecular formula is C19H24F4N2O2. The van der Waals surface area contributed by atoms with E-state index in [1.54, 1.807) is 0 Å². The fourth-order valence-corrected chi connectivity index (χ4v) is 3.82. The molecule has 0 aromatic heterocycles. The molecule has 0 aliphatic carbocycles. The molecule has 2 fully saturated rings. The van der Waals surface area contributed by atoms with Gasteiger partial charge in [-0.25, -0.2) is 4.39 Å². The predicted octanol–water partition coefficient (Wildman–Crippen LogP) is 4.06. The second-order valence-electron chi connectivity index (χ2n) is 7.24. The Bertz CT molecular complexity index is 660. The van der Waals surface area contributed by atoms with E-state index in [1.807, 2.05) is 0 Å². The van der Waals surface area contributed by atoms with Gasteiger partial charge in [-0.1, -0.05) is 6.42 Å². The molecule has 0 spiro atoms. The van der Waals surface area contributed by atoms with Gasteiger partial charge in [0.15, 0.2) is 0 Å². The number of nitrogens with one attached hydrogen (secondary N) is 1. The smallest absolute Gasteiger partial charge is 0.381 e. The largest absolute Gasteiger partial charge is 0.419 e. The Hall–Kier alpha value is -1.67. The van der Waals surface area contributed by atoms with E-state index in [0.717, 1.165) is 64.1 Å². The lowest BCUT2D eigenvalue weighted by Crippen LogP contribution is -2.49. The van der Waals surface area contributed by atoms with Crippen LogP contribution in [0.15, 0.2) is 18.2 Å². The van der Waals surface area contributed by atoms with Gasteiger partial charge in [-0.2, -0.15) is 13.2 Å². The van der Waals surface area contributed by atoms with Crippen molar-refractivity contribution in [2.75, 3.05) is 31.6 Å². The monoisotopic (exact) mass is 388 g/mol. The first-order chi connectivity index (χ1) is 12.8. The summed E-state index contributed by atoms with van der Waals surface area (Å²) in [5, 5.41) is 2.59. The number of halogens is 4. The van der Waals surface area contributed by atoms with E-state index < -0.39 is 17.6 Å². The van der Waals surface area contributed by atoms with Crippen LogP contribution in [0.3, 0.4) is 0 Å². The molecule has 0 unspecified atom stereocenters. The predicted molar refractivity (Wildman–Crippen MR) is 92.8 cm³/mol. The van der Waals surface area contributed by atoms with Crippen molar-refractivity contribution in [3.8, 4) is 0 Å². The van der Waals surface area contributed by atoms with Gasteiger partial charge < -0.3 is 10.1 Å². The highest BCUT2D eigenvalue weighted by Gasteiger charge is 2.34. The molecule has 0 saturated carbocycles. The first kappa shape index (κ1) is 20.1. The number of hydrogen-bond acceptors (Lipinski definition) is 3. The maximum atomic E-state index is 13.7. The standard InChI is InChI=1S/C19H24F4N2O2/c20-16-11-14(4-5-15(16)19(21,22)23)24-18(26)17-3-1-2-8-25(17)12-13-6-9-27-10-7-13/h4-5,11,13,17H,1-3,6-10,12H2,(H,24,26)/t17-/m0/s1. The van der Waals surface area contributed by atoms with Crippen molar-refractivity contribution in [3.63, 3.8) is 0 Å². The summed E-state index contributed by atoms with van der Waals surface area (Å²) in [5.41, 5.74) is -1.29. The number of benzene rings is 1. The molecule has 2 aliphatic rings. The molecule has 1 amide bonds. The third kappa shape index (κ3) is 5.19. The minimum absolute atomic E-state index is 0.0436. The van der Waals surface area contributed by atoms with Gasteiger partial charge in [0.25, 0.3) is 0 Å². The number of ether oxygens (including phenoxy) is 1. The zero-order valence-corrected chi connectivity index (χ0v) is 15.0. The normalized spacial score (nSPS) is 22.6. The summed E-state index contributed by atoms with van der Waals surface area (Å²) in [5.74, 6) is -1.19. The molecule has 150 valence electrons. The zero-order chi connectivity index (χ0) is 19.4. The van der Waals surface area contributed by atoms with E-state index >= 15 is 0 Å². The van der Waals surface area contributed by atoms with Gasteiger partial charge in [0.2, 0.25) is 5.91 Å². The first-order valence-corrected chi connectivity index (χ1v) is 9.34. The summed E-state index contributed by atoms with van der Waals surface area (Å²) >= 11 is 0. The van der Waals surface area contributed by atoms with Crippen LogP contribution < -0.4 is 5.32 Å². The maximum absolute atomic E-state index is 13.7. The summed E-state index contributed by atoms with van der Waals surface area (Å²) in [7, 11) is 0. The molecule has 2 aliphatic heterocycles. The quantitative estimate of drug-likeness (QED) is 0.791. The van der Waals surface area contributed by atoms with Crippen LogP contribution in [0, 0.1) is 11.7 Å². The highest BCUT2D eigenvalue weighted by atomic mass is 19.4. The van der Waals surface area contributed by atoms with Crippen molar-refractivity contribution in [2.45, 2.75) is 44.3 Å². The molecule has 0 radical (unpaired) electrons. The highest BCUT2D eigenvalue weighted by Crippen LogP contribution is 2.32. The Morgan fingerprint density at radius 2 is 1.93 bits per heavy atom. The Labute approximate surface area is 155 Å². The molecule has 2 saturated heterocycles. The summed E-state index contributed by atoms with van der Waals surface area (Å²) in [6.45, 7) is 3.10. The van der Waals surface area contributed by atoms with E-state index in [4.69, 9.17) is 4.74 Å². The summed E-state index contributed by atoms with van der Waals surface area (Å²) in [6, 6.07) is 2.14. The SMILES string of the molecule is O=C(Nc1ccc(C(F)(F)F)c(F)c1)[C@@H]1CCCCN1CC1CCOCC1. The molecule has 2 heterocycles. The van der Waals surface area contributed by atoms with Crippen molar-refractivity contribution in [3.05, 3.63) is 29.6 Å². The molecule has 0 bridgehead atoms. The highest BCUT2D eigenvalue weighted by molar-refractivity contribution is 5.94. The lowest BCUT2D eigenvalue weighted by molar-refractivity contribution is -0.140. The van der Waals surface area contributed by atoms with Gasteiger partial charge in [0, 0.05) is 25.4 Å². The van der Waals surface area contributed by atoms with Crippen LogP contribution in [0.4, 0.5) is 23.2 Å². The van der Waals surface area contributed by atoms with Crippen LogP contribution in [-0.4, -0.2) is 43.2 Å². The van der Waals surface area contributed by atoms with Gasteiger partial charge in [-0.3, -0.25) is 9.69 Å². The van der Waals surface area contributed by atoms with E-state index in [-0.39, 0.29) is 17.6 Å². The number of alkyl halides is 3. The second kappa shape index (κ2) is 8.56. The number of nitrogens with zero attached hydrogens (tertiary/aromatic N) is 1. The summed E-state index contributed by atoms with van der Waals surface area (Å²) < 4.78 is 57.1. The van der Waals surface area contributed by atoms with Crippen LogP contribution in [0.25, 0.3) is 0 Å². The van der Waals surface area contributed by atoms with Crippen molar-refractivity contribution < 1.29 is 27.1 Å². The minimum atomic E-state index is -4.75. The van der Waals surface area contributed by atoms with Crippen molar-refractivity contribution in [1.82, 2.24) is 4.90 Å². The van der Waals surface area contributed by atoms with Crippen LogP contribution in [0.1, 0.15) is 37.7 Å². The first-order valence-electron chi connectivity index (χ1n) is 9.34. The van der Waals surface area contributed by atoms with Gasteiger partial charge in [-0.15, -0.1) is 0 Å². The number of carbonyl (C=O) groups is 1. The lowest BCUT2D eigenvalue weighted by atomic mass is 9.95. The third-order valence-corrected chi connectivity index (χ3v) is 5.29. The van der Waals surface area contributed by atoms with E-state index in [9.17, 15) is 22.4 Å². The zero-order valence-electron chi connectivity index (χ0n) is 15.0. The van der Waals surface area contributed by atoms with E-state index in [2.05, 4.69) is 10.2 Å². The van der Waals surface area contributed by atoms with E-state index in [1.165, 1.54) is 0 Å². The lowest BCUT2D eigenvalue weighted by Gasteiger charge is -2.37. The van der Waals surface area contributed by atoms with Crippen LogP contribution in [0.5, 0.6) is 0 Å². The van der Waals surface area contributed by atoms with Gasteiger partial charge in [0.05, 0.1) is 11.6 Å². The topological polar surface area (TPSA) is 41.6 Å². The molecule has 1 N–H and O–H groups in total. The second-order valence-corrected chi connectivity index (χ2v) is 7.24. The summed E-state index contributed by atoms with van der Waals surface area (Å²) in [6.07, 6.45) is -0.190. The molecular weight excluding hydrogens is 364 g/mol. The Morgan fingerprint density at radius 1 is 1.19 bits per heavy atom. The van der Waals surface area contributed by atoms with Crippen LogP contribution in [0.2, 0.25) is 0 Å². The molecule has 1 aromatic carbocycles. The van der Waals surface area contributed by atoms with Gasteiger partial charge >= 0.3 is 6.18 Å². The fourth-order valence-electron chi connectivity index (χ4n) is 3.82. The van der Waals surface area contributed by atoms with Crippen LogP contribution in [-0.2, 0) is 15.7 Å². The number of likely N-dealkylation sites (tertiary alicyclic amines) is 1. The number of anilines is 1. The average molecular weight is 388 g/mol.